The minimum atomic E-state index is -0.387. The minimum absolute atomic E-state index is 0.387. The molecule has 102 valence electrons. The van der Waals surface area contributed by atoms with Gasteiger partial charge in [0, 0.05) is 17.5 Å². The lowest BCUT2D eigenvalue weighted by atomic mass is 10.2. The second-order valence-electron chi connectivity index (χ2n) is 4.37. The molecule has 0 radical (unpaired) electrons. The first-order valence-corrected chi connectivity index (χ1v) is 7.07. The highest BCUT2D eigenvalue weighted by molar-refractivity contribution is 7.17. The van der Waals surface area contributed by atoms with Crippen molar-refractivity contribution in [1.82, 2.24) is 9.97 Å². The van der Waals surface area contributed by atoms with Gasteiger partial charge in [-0.05, 0) is 29.6 Å². The monoisotopic (exact) mass is 296 g/mol. The van der Waals surface area contributed by atoms with E-state index >= 15 is 0 Å². The molecule has 0 N–H and O–H groups in total. The molecule has 0 fully saturated rings. The predicted octanol–water partition coefficient (Wildman–Crippen LogP) is 3.59. The highest BCUT2D eigenvalue weighted by atomic mass is 32.1. The Morgan fingerprint density at radius 3 is 2.95 bits per heavy atom. The molecule has 0 bridgehead atoms. The summed E-state index contributed by atoms with van der Waals surface area (Å²) in [6.45, 7) is 0. The fourth-order valence-electron chi connectivity index (χ4n) is 2.06. The Balaban J connectivity index is 1.80. The molecule has 4 aromatic rings. The van der Waals surface area contributed by atoms with Crippen LogP contribution in [0, 0.1) is 0 Å². The molecule has 0 amide bonds. The molecule has 0 spiro atoms. The molecular weight excluding hydrogens is 288 g/mol. The Hall–Kier alpha value is -2.73. The van der Waals surface area contributed by atoms with E-state index in [-0.39, 0.29) is 5.63 Å². The Morgan fingerprint density at radius 2 is 2.00 bits per heavy atom. The fourth-order valence-corrected chi connectivity index (χ4v) is 2.82. The van der Waals surface area contributed by atoms with Crippen LogP contribution in [-0.2, 0) is 0 Å². The van der Waals surface area contributed by atoms with Gasteiger partial charge in [0.25, 0.3) is 0 Å². The molecule has 21 heavy (non-hydrogen) atoms. The standard InChI is InChI=1S/C15H8N2O3S/c18-13-4-2-9-1-3-10(7-12(9)20-13)19-15-14-11(5-6-21-14)16-8-17-15/h1-8H. The second-order valence-corrected chi connectivity index (χ2v) is 5.29. The van der Waals surface area contributed by atoms with Gasteiger partial charge < -0.3 is 9.15 Å². The van der Waals surface area contributed by atoms with Gasteiger partial charge >= 0.3 is 5.63 Å². The van der Waals surface area contributed by atoms with E-state index in [1.165, 1.54) is 23.7 Å². The second kappa shape index (κ2) is 4.68. The third kappa shape index (κ3) is 2.15. The lowest BCUT2D eigenvalue weighted by molar-refractivity contribution is 0.467. The summed E-state index contributed by atoms with van der Waals surface area (Å²) in [5.74, 6) is 1.05. The Labute approximate surface area is 122 Å². The summed E-state index contributed by atoms with van der Waals surface area (Å²) in [7, 11) is 0. The van der Waals surface area contributed by atoms with Crippen LogP contribution in [0.15, 0.2) is 57.3 Å². The molecule has 3 heterocycles. The number of benzene rings is 1. The van der Waals surface area contributed by atoms with Gasteiger partial charge in [-0.25, -0.2) is 14.8 Å². The molecule has 0 unspecified atom stereocenters. The van der Waals surface area contributed by atoms with Crippen molar-refractivity contribution in [1.29, 1.82) is 0 Å². The van der Waals surface area contributed by atoms with Gasteiger partial charge in [-0.3, -0.25) is 0 Å². The normalized spacial score (nSPS) is 11.0. The Morgan fingerprint density at radius 1 is 1.10 bits per heavy atom. The van der Waals surface area contributed by atoms with Crippen molar-refractivity contribution in [3.63, 3.8) is 0 Å². The molecule has 0 aliphatic heterocycles. The Bertz CT molecular complexity index is 1010. The van der Waals surface area contributed by atoms with Gasteiger partial charge in [0.2, 0.25) is 5.88 Å². The van der Waals surface area contributed by atoms with Crippen molar-refractivity contribution < 1.29 is 9.15 Å². The highest BCUT2D eigenvalue weighted by Crippen LogP contribution is 2.31. The van der Waals surface area contributed by atoms with Crippen LogP contribution in [0.1, 0.15) is 0 Å². The lowest BCUT2D eigenvalue weighted by Crippen LogP contribution is -1.94. The molecule has 3 aromatic heterocycles. The van der Waals surface area contributed by atoms with Crippen molar-refractivity contribution in [2.24, 2.45) is 0 Å². The van der Waals surface area contributed by atoms with Crippen LogP contribution in [0.4, 0.5) is 0 Å². The first-order valence-electron chi connectivity index (χ1n) is 6.19. The molecule has 0 saturated carbocycles. The maximum atomic E-state index is 11.3. The zero-order valence-corrected chi connectivity index (χ0v) is 11.5. The van der Waals surface area contributed by atoms with E-state index in [4.69, 9.17) is 9.15 Å². The van der Waals surface area contributed by atoms with Crippen molar-refractivity contribution in [2.45, 2.75) is 0 Å². The van der Waals surface area contributed by atoms with Crippen LogP contribution in [0.25, 0.3) is 21.2 Å². The van der Waals surface area contributed by atoms with Gasteiger partial charge in [-0.15, -0.1) is 11.3 Å². The molecule has 0 atom stereocenters. The smallest absolute Gasteiger partial charge is 0.336 e. The first-order chi connectivity index (χ1) is 10.3. The zero-order chi connectivity index (χ0) is 14.2. The molecular formula is C15H8N2O3S. The van der Waals surface area contributed by atoms with Gasteiger partial charge in [0.15, 0.2) is 0 Å². The molecule has 4 rings (SSSR count). The molecule has 0 aliphatic carbocycles. The average molecular weight is 296 g/mol. The number of hydrogen-bond donors (Lipinski definition) is 0. The number of nitrogens with zero attached hydrogens (tertiary/aromatic N) is 2. The van der Waals surface area contributed by atoms with E-state index in [2.05, 4.69) is 9.97 Å². The van der Waals surface area contributed by atoms with Crippen molar-refractivity contribution in [3.05, 3.63) is 58.5 Å². The summed E-state index contributed by atoms with van der Waals surface area (Å²) in [6.07, 6.45) is 1.46. The average Bonchev–Trinajstić information content (AvgIpc) is 2.96. The highest BCUT2D eigenvalue weighted by Gasteiger charge is 2.08. The van der Waals surface area contributed by atoms with Crippen LogP contribution in [0.2, 0.25) is 0 Å². The number of rotatable bonds is 2. The quantitative estimate of drug-likeness (QED) is 0.529. The summed E-state index contributed by atoms with van der Waals surface area (Å²) >= 11 is 1.52. The molecule has 0 saturated heterocycles. The lowest BCUT2D eigenvalue weighted by Gasteiger charge is -2.05. The van der Waals surface area contributed by atoms with Gasteiger partial charge in [-0.2, -0.15) is 0 Å². The number of aromatic nitrogens is 2. The van der Waals surface area contributed by atoms with E-state index < -0.39 is 0 Å². The van der Waals surface area contributed by atoms with E-state index in [9.17, 15) is 4.79 Å². The third-order valence-corrected chi connectivity index (χ3v) is 3.91. The van der Waals surface area contributed by atoms with Crippen molar-refractivity contribution in [3.8, 4) is 11.6 Å². The van der Waals surface area contributed by atoms with E-state index in [1.807, 2.05) is 23.6 Å². The number of ether oxygens (including phenoxy) is 1. The number of hydrogen-bond acceptors (Lipinski definition) is 6. The summed E-state index contributed by atoms with van der Waals surface area (Å²) in [5.41, 5.74) is 0.941. The summed E-state index contributed by atoms with van der Waals surface area (Å²) in [4.78, 5) is 19.6. The third-order valence-electron chi connectivity index (χ3n) is 3.02. The fraction of sp³-hybridized carbons (Fsp3) is 0. The van der Waals surface area contributed by atoms with Gasteiger partial charge in [0.1, 0.15) is 22.4 Å². The van der Waals surface area contributed by atoms with Crippen LogP contribution in [0.3, 0.4) is 0 Å². The Kier molecular flexibility index (Phi) is 2.68. The topological polar surface area (TPSA) is 65.2 Å². The SMILES string of the molecule is O=c1ccc2ccc(Oc3ncnc4ccsc34)cc2o1. The van der Waals surface area contributed by atoms with Gasteiger partial charge in [0.05, 0.1) is 5.52 Å². The summed E-state index contributed by atoms with van der Waals surface area (Å²) < 4.78 is 11.8. The van der Waals surface area contributed by atoms with Crippen molar-refractivity contribution in [2.75, 3.05) is 0 Å². The number of thiophene rings is 1. The van der Waals surface area contributed by atoms with Gasteiger partial charge in [-0.1, -0.05) is 0 Å². The van der Waals surface area contributed by atoms with Crippen LogP contribution >= 0.6 is 11.3 Å². The molecule has 5 nitrogen and oxygen atoms in total. The number of fused-ring (bicyclic) bond motifs is 2. The maximum Gasteiger partial charge on any atom is 0.336 e. The van der Waals surface area contributed by atoms with Crippen LogP contribution in [-0.4, -0.2) is 9.97 Å². The molecule has 0 aliphatic rings. The van der Waals surface area contributed by atoms with E-state index in [1.54, 1.807) is 12.1 Å². The van der Waals surface area contributed by atoms with Crippen LogP contribution < -0.4 is 10.4 Å². The summed E-state index contributed by atoms with van der Waals surface area (Å²) in [6, 6.07) is 10.3. The minimum Gasteiger partial charge on any atom is -0.437 e. The largest absolute Gasteiger partial charge is 0.437 e. The summed E-state index contributed by atoms with van der Waals surface area (Å²) in [5, 5.41) is 2.77. The van der Waals surface area contributed by atoms with Crippen LogP contribution in [0.5, 0.6) is 11.6 Å². The van der Waals surface area contributed by atoms with E-state index in [0.29, 0.717) is 17.2 Å². The maximum absolute atomic E-state index is 11.3. The molecule has 1 aromatic carbocycles. The van der Waals surface area contributed by atoms with Crippen molar-refractivity contribution >= 4 is 32.5 Å². The first kappa shape index (κ1) is 12.0. The molecule has 6 heteroatoms. The predicted molar refractivity (Wildman–Crippen MR) is 80.0 cm³/mol. The van der Waals surface area contributed by atoms with E-state index in [0.717, 1.165) is 15.6 Å². The zero-order valence-electron chi connectivity index (χ0n) is 10.6.